The van der Waals surface area contributed by atoms with Crippen molar-refractivity contribution in [2.24, 2.45) is 0 Å². The van der Waals surface area contributed by atoms with Crippen LogP contribution in [0.15, 0.2) is 48.5 Å². The molecule has 0 saturated heterocycles. The minimum Gasteiger partial charge on any atom is -0.497 e. The molecule has 2 aromatic carbocycles. The van der Waals surface area contributed by atoms with Gasteiger partial charge >= 0.3 is 0 Å². The van der Waals surface area contributed by atoms with E-state index in [4.69, 9.17) is 4.74 Å². The normalized spacial score (nSPS) is 10.7. The highest BCUT2D eigenvalue weighted by atomic mass is 16.5. The maximum atomic E-state index is 5.12. The number of hydrogen-bond acceptors (Lipinski definition) is 1. The lowest BCUT2D eigenvalue weighted by Gasteiger charge is -1.99. The van der Waals surface area contributed by atoms with E-state index >= 15 is 0 Å². The van der Waals surface area contributed by atoms with Gasteiger partial charge in [-0.25, -0.2) is 0 Å². The Kier molecular flexibility index (Phi) is 3.61. The van der Waals surface area contributed by atoms with Gasteiger partial charge in [0.1, 0.15) is 5.75 Å². The number of rotatable bonds is 3. The minimum absolute atomic E-state index is 0.887. The maximum Gasteiger partial charge on any atom is 0.118 e. The van der Waals surface area contributed by atoms with Crippen molar-refractivity contribution in [2.75, 3.05) is 7.11 Å². The molecule has 0 amide bonds. The summed E-state index contributed by atoms with van der Waals surface area (Å²) >= 11 is 0. The Labute approximate surface area is 102 Å². The molecular weight excluding hydrogens is 208 g/mol. The molecule has 0 aliphatic carbocycles. The summed E-state index contributed by atoms with van der Waals surface area (Å²) in [6, 6.07) is 16.5. The molecule has 0 spiro atoms. The van der Waals surface area contributed by atoms with Crippen molar-refractivity contribution < 1.29 is 4.74 Å². The minimum atomic E-state index is 0.887. The highest BCUT2D eigenvalue weighted by Crippen LogP contribution is 2.14. The van der Waals surface area contributed by atoms with Gasteiger partial charge in [0.2, 0.25) is 0 Å². The summed E-state index contributed by atoms with van der Waals surface area (Å²) < 4.78 is 5.12. The first-order valence-electron chi connectivity index (χ1n) is 5.67. The van der Waals surface area contributed by atoms with E-state index < -0.39 is 0 Å². The Morgan fingerprint density at radius 3 is 2.24 bits per heavy atom. The van der Waals surface area contributed by atoms with Crippen LogP contribution in [0.25, 0.3) is 12.2 Å². The molecule has 0 aliphatic rings. The third-order valence-corrected chi connectivity index (χ3v) is 2.63. The molecule has 0 aliphatic heterocycles. The standard InChI is InChI=1S/C16H16O/c1-13-4-3-5-15(12-13)7-6-14-8-10-16(17-2)11-9-14/h3-12H,1-2H3/b7-6+. The maximum absolute atomic E-state index is 5.12. The Morgan fingerprint density at radius 1 is 0.882 bits per heavy atom. The third-order valence-electron chi connectivity index (χ3n) is 2.63. The van der Waals surface area contributed by atoms with Gasteiger partial charge in [-0.05, 0) is 30.2 Å². The summed E-state index contributed by atoms with van der Waals surface area (Å²) in [7, 11) is 1.68. The summed E-state index contributed by atoms with van der Waals surface area (Å²) in [6.07, 6.45) is 4.23. The van der Waals surface area contributed by atoms with Crippen molar-refractivity contribution in [3.63, 3.8) is 0 Å². The molecule has 86 valence electrons. The number of aryl methyl sites for hydroxylation is 1. The second-order valence-corrected chi connectivity index (χ2v) is 4.02. The van der Waals surface area contributed by atoms with Gasteiger partial charge in [-0.2, -0.15) is 0 Å². The molecule has 0 bridgehead atoms. The van der Waals surface area contributed by atoms with Crippen molar-refractivity contribution in [2.45, 2.75) is 6.92 Å². The predicted molar refractivity (Wildman–Crippen MR) is 73.1 cm³/mol. The third kappa shape index (κ3) is 3.22. The van der Waals surface area contributed by atoms with Gasteiger partial charge in [0.15, 0.2) is 0 Å². The predicted octanol–water partition coefficient (Wildman–Crippen LogP) is 4.17. The molecule has 0 atom stereocenters. The molecule has 17 heavy (non-hydrogen) atoms. The number of methoxy groups -OCH3 is 1. The van der Waals surface area contributed by atoms with Gasteiger partial charge in [0.05, 0.1) is 7.11 Å². The molecule has 0 aromatic heterocycles. The number of ether oxygens (including phenoxy) is 1. The Balaban J connectivity index is 2.14. The van der Waals surface area contributed by atoms with Crippen LogP contribution in [-0.4, -0.2) is 7.11 Å². The molecule has 2 aromatic rings. The average molecular weight is 224 g/mol. The van der Waals surface area contributed by atoms with Gasteiger partial charge in [0, 0.05) is 0 Å². The topological polar surface area (TPSA) is 9.23 Å². The fourth-order valence-electron chi connectivity index (χ4n) is 1.68. The zero-order valence-electron chi connectivity index (χ0n) is 10.2. The lowest BCUT2D eigenvalue weighted by molar-refractivity contribution is 0.415. The monoisotopic (exact) mass is 224 g/mol. The molecule has 0 radical (unpaired) electrons. The largest absolute Gasteiger partial charge is 0.497 e. The molecule has 2 rings (SSSR count). The summed E-state index contributed by atoms with van der Waals surface area (Å²) in [4.78, 5) is 0. The molecule has 0 unspecified atom stereocenters. The molecule has 1 nitrogen and oxygen atoms in total. The van der Waals surface area contributed by atoms with E-state index in [-0.39, 0.29) is 0 Å². The number of hydrogen-bond donors (Lipinski definition) is 0. The van der Waals surface area contributed by atoms with Crippen molar-refractivity contribution in [3.8, 4) is 5.75 Å². The highest BCUT2D eigenvalue weighted by Gasteiger charge is 1.91. The Morgan fingerprint density at radius 2 is 1.59 bits per heavy atom. The van der Waals surface area contributed by atoms with Crippen LogP contribution in [0.4, 0.5) is 0 Å². The van der Waals surface area contributed by atoms with Gasteiger partial charge in [-0.15, -0.1) is 0 Å². The zero-order chi connectivity index (χ0) is 12.1. The van der Waals surface area contributed by atoms with Gasteiger partial charge < -0.3 is 4.74 Å². The van der Waals surface area contributed by atoms with Crippen LogP contribution in [0.1, 0.15) is 16.7 Å². The summed E-state index contributed by atoms with van der Waals surface area (Å²) in [5.41, 5.74) is 3.68. The van der Waals surface area contributed by atoms with E-state index in [9.17, 15) is 0 Å². The average Bonchev–Trinajstić information content (AvgIpc) is 2.37. The molecule has 1 heteroatoms. The fraction of sp³-hybridized carbons (Fsp3) is 0.125. The van der Waals surface area contributed by atoms with Crippen molar-refractivity contribution in [1.82, 2.24) is 0 Å². The lowest BCUT2D eigenvalue weighted by atomic mass is 10.1. The van der Waals surface area contributed by atoms with E-state index in [1.54, 1.807) is 7.11 Å². The molecular formula is C16H16O. The van der Waals surface area contributed by atoms with Gasteiger partial charge in [0.25, 0.3) is 0 Å². The van der Waals surface area contributed by atoms with Crippen LogP contribution in [0.3, 0.4) is 0 Å². The zero-order valence-corrected chi connectivity index (χ0v) is 10.2. The summed E-state index contributed by atoms with van der Waals surface area (Å²) in [5, 5.41) is 0. The van der Waals surface area contributed by atoms with E-state index in [2.05, 4.69) is 43.3 Å². The van der Waals surface area contributed by atoms with Crippen LogP contribution in [-0.2, 0) is 0 Å². The first-order valence-corrected chi connectivity index (χ1v) is 5.67. The Hall–Kier alpha value is -2.02. The summed E-state index contributed by atoms with van der Waals surface area (Å²) in [6.45, 7) is 2.10. The Bertz CT molecular complexity index is 509. The van der Waals surface area contributed by atoms with Crippen molar-refractivity contribution >= 4 is 12.2 Å². The molecule has 0 saturated carbocycles. The lowest BCUT2D eigenvalue weighted by Crippen LogP contribution is -1.81. The quantitative estimate of drug-likeness (QED) is 0.711. The number of benzene rings is 2. The van der Waals surface area contributed by atoms with Crippen LogP contribution < -0.4 is 4.74 Å². The van der Waals surface area contributed by atoms with E-state index in [1.165, 1.54) is 16.7 Å². The second kappa shape index (κ2) is 5.35. The second-order valence-electron chi connectivity index (χ2n) is 4.02. The van der Waals surface area contributed by atoms with E-state index in [0.29, 0.717) is 0 Å². The van der Waals surface area contributed by atoms with Crippen LogP contribution in [0.5, 0.6) is 5.75 Å². The van der Waals surface area contributed by atoms with Gasteiger partial charge in [-0.3, -0.25) is 0 Å². The molecule has 0 fully saturated rings. The van der Waals surface area contributed by atoms with Crippen molar-refractivity contribution in [3.05, 3.63) is 65.2 Å². The van der Waals surface area contributed by atoms with Gasteiger partial charge in [-0.1, -0.05) is 54.1 Å². The van der Waals surface area contributed by atoms with E-state index in [1.807, 2.05) is 24.3 Å². The van der Waals surface area contributed by atoms with Crippen LogP contribution in [0.2, 0.25) is 0 Å². The summed E-state index contributed by atoms with van der Waals surface area (Å²) in [5.74, 6) is 0.887. The van der Waals surface area contributed by atoms with E-state index in [0.717, 1.165) is 5.75 Å². The molecule has 0 N–H and O–H groups in total. The first kappa shape index (κ1) is 11.5. The smallest absolute Gasteiger partial charge is 0.118 e. The van der Waals surface area contributed by atoms with Crippen LogP contribution >= 0.6 is 0 Å². The first-order chi connectivity index (χ1) is 8.28. The molecule has 0 heterocycles. The van der Waals surface area contributed by atoms with Crippen LogP contribution in [0, 0.1) is 6.92 Å². The fourth-order valence-corrected chi connectivity index (χ4v) is 1.68. The highest BCUT2D eigenvalue weighted by molar-refractivity contribution is 5.70. The van der Waals surface area contributed by atoms with Crippen molar-refractivity contribution in [1.29, 1.82) is 0 Å². The SMILES string of the molecule is COc1ccc(/C=C/c2cccc(C)c2)cc1.